The van der Waals surface area contributed by atoms with Gasteiger partial charge in [-0.15, -0.1) is 11.3 Å². The molecule has 0 amide bonds. The molecule has 3 aromatic rings. The molecule has 4 nitrogen and oxygen atoms in total. The van der Waals surface area contributed by atoms with Crippen molar-refractivity contribution in [1.82, 2.24) is 0 Å². The fraction of sp³-hybridized carbons (Fsp3) is 0.222. The van der Waals surface area contributed by atoms with E-state index in [-0.39, 0.29) is 11.3 Å². The summed E-state index contributed by atoms with van der Waals surface area (Å²) in [5.74, 6) is -1.08. The predicted molar refractivity (Wildman–Crippen MR) is 98.6 cm³/mol. The van der Waals surface area contributed by atoms with E-state index < -0.39 is 5.97 Å². The zero-order valence-electron chi connectivity index (χ0n) is 12.7. The van der Waals surface area contributed by atoms with Crippen molar-refractivity contribution in [3.05, 3.63) is 51.6 Å². The second-order valence-corrected chi connectivity index (χ2v) is 7.46. The highest BCUT2D eigenvalue weighted by molar-refractivity contribution is 7.25. The molecular weight excluding hydrogens is 346 g/mol. The van der Waals surface area contributed by atoms with Gasteiger partial charge in [-0.2, -0.15) is 0 Å². The Labute approximate surface area is 146 Å². The van der Waals surface area contributed by atoms with Gasteiger partial charge in [-0.05, 0) is 36.8 Å². The molecule has 0 aliphatic carbocycles. The molecule has 0 saturated carbocycles. The lowest BCUT2D eigenvalue weighted by Crippen LogP contribution is -2.22. The molecule has 122 valence electrons. The maximum atomic E-state index is 12.7. The van der Waals surface area contributed by atoms with E-state index in [0.717, 1.165) is 15.1 Å². The third-order valence-corrected chi connectivity index (χ3v) is 6.16. The minimum atomic E-state index is -0.749. The smallest absolute Gasteiger partial charge is 0.308 e. The maximum Gasteiger partial charge on any atom is 0.308 e. The summed E-state index contributed by atoms with van der Waals surface area (Å²) < 4.78 is 1.66. The molecule has 1 fully saturated rings. The summed E-state index contributed by atoms with van der Waals surface area (Å²) in [6.07, 6.45) is 0.646. The van der Waals surface area contributed by atoms with E-state index in [1.165, 1.54) is 11.3 Å². The Hall–Kier alpha value is -2.11. The van der Waals surface area contributed by atoms with Crippen molar-refractivity contribution in [2.24, 2.45) is 5.92 Å². The Kier molecular flexibility index (Phi) is 3.70. The molecule has 2 heterocycles. The number of hydrogen-bond acceptors (Lipinski definition) is 4. The largest absolute Gasteiger partial charge is 0.481 e. The second-order valence-electron chi connectivity index (χ2n) is 6.00. The number of rotatable bonds is 2. The molecule has 1 aromatic heterocycles. The van der Waals surface area contributed by atoms with Gasteiger partial charge in [0, 0.05) is 34.2 Å². The van der Waals surface area contributed by atoms with E-state index in [4.69, 9.17) is 16.7 Å². The molecule has 2 aromatic carbocycles. The van der Waals surface area contributed by atoms with Gasteiger partial charge in [-0.25, -0.2) is 0 Å². The van der Waals surface area contributed by atoms with Crippen molar-refractivity contribution < 1.29 is 9.90 Å². The van der Waals surface area contributed by atoms with Crippen LogP contribution in [0.2, 0.25) is 5.02 Å². The molecule has 1 unspecified atom stereocenters. The van der Waals surface area contributed by atoms with Crippen LogP contribution in [0.5, 0.6) is 0 Å². The van der Waals surface area contributed by atoms with E-state index in [9.17, 15) is 9.59 Å². The number of fused-ring (bicyclic) bond motifs is 2. The third kappa shape index (κ3) is 2.44. The van der Waals surface area contributed by atoms with Gasteiger partial charge in [-0.3, -0.25) is 9.59 Å². The molecule has 1 N–H and O–H groups in total. The van der Waals surface area contributed by atoms with Gasteiger partial charge >= 0.3 is 5.97 Å². The van der Waals surface area contributed by atoms with Crippen LogP contribution in [-0.2, 0) is 4.79 Å². The number of anilines is 1. The SMILES string of the molecule is O=C(O)C1CCN(c2ccc3c(=O)c4cccc(Cl)c4sc3c2)C1. The van der Waals surface area contributed by atoms with Gasteiger partial charge < -0.3 is 10.0 Å². The lowest BCUT2D eigenvalue weighted by atomic mass is 10.1. The van der Waals surface area contributed by atoms with Gasteiger partial charge in [-0.1, -0.05) is 17.7 Å². The molecular formula is C18H14ClNO3S. The third-order valence-electron chi connectivity index (χ3n) is 4.54. The summed E-state index contributed by atoms with van der Waals surface area (Å²) >= 11 is 7.74. The first-order valence-corrected chi connectivity index (χ1v) is 8.87. The van der Waals surface area contributed by atoms with Crippen LogP contribution >= 0.6 is 22.9 Å². The van der Waals surface area contributed by atoms with E-state index in [1.54, 1.807) is 18.2 Å². The molecule has 1 aliphatic rings. The first-order chi connectivity index (χ1) is 11.5. The molecule has 1 aliphatic heterocycles. The van der Waals surface area contributed by atoms with Gasteiger partial charge in [0.25, 0.3) is 0 Å². The summed E-state index contributed by atoms with van der Waals surface area (Å²) in [6.45, 7) is 1.22. The van der Waals surface area contributed by atoms with Crippen LogP contribution in [0.3, 0.4) is 0 Å². The average molecular weight is 360 g/mol. The second kappa shape index (κ2) is 5.76. The number of carboxylic acids is 1. The van der Waals surface area contributed by atoms with Gasteiger partial charge in [0.1, 0.15) is 0 Å². The van der Waals surface area contributed by atoms with Crippen LogP contribution in [0.4, 0.5) is 5.69 Å². The number of nitrogens with zero attached hydrogens (tertiary/aromatic N) is 1. The van der Waals surface area contributed by atoms with Crippen molar-refractivity contribution in [3.8, 4) is 0 Å². The summed E-state index contributed by atoms with van der Waals surface area (Å²) in [7, 11) is 0. The van der Waals surface area contributed by atoms with E-state index in [2.05, 4.69) is 4.90 Å². The molecule has 0 spiro atoms. The molecule has 4 rings (SSSR count). The van der Waals surface area contributed by atoms with Crippen LogP contribution in [-0.4, -0.2) is 24.2 Å². The van der Waals surface area contributed by atoms with Crippen molar-refractivity contribution in [2.75, 3.05) is 18.0 Å². The topological polar surface area (TPSA) is 57.6 Å². The average Bonchev–Trinajstić information content (AvgIpc) is 3.06. The first kappa shape index (κ1) is 15.4. The minimum absolute atomic E-state index is 0.0161. The zero-order chi connectivity index (χ0) is 16.8. The van der Waals surface area contributed by atoms with Crippen molar-refractivity contribution in [2.45, 2.75) is 6.42 Å². The minimum Gasteiger partial charge on any atom is -0.481 e. The number of hydrogen-bond donors (Lipinski definition) is 1. The predicted octanol–water partition coefficient (Wildman–Crippen LogP) is 3.98. The molecule has 1 atom stereocenters. The highest BCUT2D eigenvalue weighted by atomic mass is 35.5. The van der Waals surface area contributed by atoms with Gasteiger partial charge in [0.2, 0.25) is 0 Å². The van der Waals surface area contributed by atoms with E-state index in [1.807, 2.05) is 18.2 Å². The summed E-state index contributed by atoms with van der Waals surface area (Å²) in [5.41, 5.74) is 0.936. The van der Waals surface area contributed by atoms with E-state index in [0.29, 0.717) is 35.3 Å². The Balaban J connectivity index is 1.84. The number of benzene rings is 2. The molecule has 0 radical (unpaired) electrons. The highest BCUT2D eigenvalue weighted by Gasteiger charge is 2.28. The summed E-state index contributed by atoms with van der Waals surface area (Å²) in [6, 6.07) is 11.1. The fourth-order valence-electron chi connectivity index (χ4n) is 3.22. The van der Waals surface area contributed by atoms with Crippen LogP contribution in [0.15, 0.2) is 41.2 Å². The van der Waals surface area contributed by atoms with Crippen LogP contribution in [0, 0.1) is 5.92 Å². The molecule has 6 heteroatoms. The van der Waals surface area contributed by atoms with E-state index >= 15 is 0 Å². The molecule has 1 saturated heterocycles. The zero-order valence-corrected chi connectivity index (χ0v) is 14.2. The van der Waals surface area contributed by atoms with Crippen molar-refractivity contribution in [3.63, 3.8) is 0 Å². The standard InChI is InChI=1S/C18H14ClNO3S/c19-14-3-1-2-13-16(21)12-5-4-11(8-15(12)24-17(13)14)20-7-6-10(9-20)18(22)23/h1-5,8,10H,6-7,9H2,(H,22,23). The number of halogens is 1. The Morgan fingerprint density at radius 2 is 2.08 bits per heavy atom. The number of aliphatic carboxylic acids is 1. The first-order valence-electron chi connectivity index (χ1n) is 7.67. The Morgan fingerprint density at radius 3 is 2.83 bits per heavy atom. The van der Waals surface area contributed by atoms with Crippen LogP contribution < -0.4 is 10.3 Å². The molecule has 24 heavy (non-hydrogen) atoms. The monoisotopic (exact) mass is 359 g/mol. The number of carbonyl (C=O) groups is 1. The van der Waals surface area contributed by atoms with Crippen molar-refractivity contribution in [1.29, 1.82) is 0 Å². The number of carboxylic acid groups (broad SMARTS) is 1. The van der Waals surface area contributed by atoms with Crippen LogP contribution in [0.25, 0.3) is 20.2 Å². The lowest BCUT2D eigenvalue weighted by Gasteiger charge is -2.18. The van der Waals surface area contributed by atoms with Gasteiger partial charge in [0.05, 0.1) is 15.6 Å². The quantitative estimate of drug-likeness (QED) is 0.703. The lowest BCUT2D eigenvalue weighted by molar-refractivity contribution is -0.140. The van der Waals surface area contributed by atoms with Crippen LogP contribution in [0.1, 0.15) is 6.42 Å². The summed E-state index contributed by atoms with van der Waals surface area (Å²) in [5, 5.41) is 11.0. The van der Waals surface area contributed by atoms with Gasteiger partial charge in [0.15, 0.2) is 5.43 Å². The normalized spacial score (nSPS) is 17.7. The highest BCUT2D eigenvalue weighted by Crippen LogP contribution is 2.33. The Bertz CT molecular complexity index is 1030. The maximum absolute atomic E-state index is 12.7. The molecule has 0 bridgehead atoms. The Morgan fingerprint density at radius 1 is 1.25 bits per heavy atom. The summed E-state index contributed by atoms with van der Waals surface area (Å²) in [4.78, 5) is 25.9. The van der Waals surface area contributed by atoms with Crippen molar-refractivity contribution >= 4 is 54.8 Å². The fourth-order valence-corrected chi connectivity index (χ4v) is 4.62.